The molecule has 0 spiro atoms. The fourth-order valence-corrected chi connectivity index (χ4v) is 1.86. The summed E-state index contributed by atoms with van der Waals surface area (Å²) in [6, 6.07) is 6.45. The van der Waals surface area contributed by atoms with E-state index in [2.05, 4.69) is 6.58 Å². The summed E-state index contributed by atoms with van der Waals surface area (Å²) in [5.41, 5.74) is 0. The van der Waals surface area contributed by atoms with E-state index in [1.54, 1.807) is 24.9 Å². The van der Waals surface area contributed by atoms with Crippen LogP contribution in [-0.2, 0) is 4.57 Å². The summed E-state index contributed by atoms with van der Waals surface area (Å²) in [5.74, 6) is 1.57. The van der Waals surface area contributed by atoms with E-state index in [1.165, 1.54) is 11.9 Å². The van der Waals surface area contributed by atoms with Gasteiger partial charge in [-0.2, -0.15) is 0 Å². The molecule has 0 saturated heterocycles. The lowest BCUT2D eigenvalue weighted by molar-refractivity contribution is 0.475. The van der Waals surface area contributed by atoms with Gasteiger partial charge in [-0.05, 0) is 24.6 Å². The topological polar surface area (TPSA) is 37.3 Å². The maximum atomic E-state index is 11.7. The minimum atomic E-state index is -2.45. The van der Waals surface area contributed by atoms with Gasteiger partial charge in [0.25, 0.3) is 0 Å². The fourth-order valence-electron chi connectivity index (χ4n) is 0.875. The van der Waals surface area contributed by atoms with Crippen LogP contribution in [0.1, 0.15) is 0 Å². The van der Waals surface area contributed by atoms with Crippen molar-refractivity contribution >= 4 is 12.4 Å². The lowest BCUT2D eigenvalue weighted by atomic mass is 10.3. The molecule has 0 aliphatic rings. The van der Waals surface area contributed by atoms with Crippen molar-refractivity contribution in [2.24, 2.45) is 0 Å². The second-order valence-electron chi connectivity index (χ2n) is 2.69. The lowest BCUT2D eigenvalue weighted by Gasteiger charge is -2.07. The number of aromatic hydroxyl groups is 1. The van der Waals surface area contributed by atoms with Gasteiger partial charge < -0.3 is 9.67 Å². The highest BCUT2D eigenvalue weighted by atomic mass is 31.2. The summed E-state index contributed by atoms with van der Waals surface area (Å²) < 4.78 is 11.7. The van der Waals surface area contributed by atoms with Crippen LogP contribution in [-0.4, -0.2) is 11.8 Å². The van der Waals surface area contributed by atoms with Gasteiger partial charge >= 0.3 is 0 Å². The van der Waals surface area contributed by atoms with Gasteiger partial charge in [0, 0.05) is 5.30 Å². The Labute approximate surface area is 71.9 Å². The third-order valence-electron chi connectivity index (χ3n) is 1.69. The van der Waals surface area contributed by atoms with Crippen LogP contribution in [0.4, 0.5) is 0 Å². The van der Waals surface area contributed by atoms with E-state index in [1.807, 2.05) is 0 Å². The molecule has 3 heteroatoms. The smallest absolute Gasteiger partial charge is 0.133 e. The molecule has 2 nitrogen and oxygen atoms in total. The van der Waals surface area contributed by atoms with Crippen molar-refractivity contribution in [1.82, 2.24) is 0 Å². The third-order valence-corrected chi connectivity index (χ3v) is 3.69. The first-order valence-corrected chi connectivity index (χ1v) is 5.79. The molecule has 1 rings (SSSR count). The Hall–Kier alpha value is -1.01. The quantitative estimate of drug-likeness (QED) is 0.711. The summed E-state index contributed by atoms with van der Waals surface area (Å²) in [4.78, 5) is 0. The molecule has 1 N–H and O–H groups in total. The summed E-state index contributed by atoms with van der Waals surface area (Å²) in [6.07, 6.45) is 0. The fraction of sp³-hybridized carbons (Fsp3) is 0.111. The minimum Gasteiger partial charge on any atom is -0.508 e. The Balaban J connectivity index is 3.20. The first kappa shape index (κ1) is 9.08. The van der Waals surface area contributed by atoms with E-state index in [-0.39, 0.29) is 5.75 Å². The molecule has 0 aromatic heterocycles. The zero-order valence-corrected chi connectivity index (χ0v) is 7.79. The van der Waals surface area contributed by atoms with Gasteiger partial charge in [0.2, 0.25) is 0 Å². The largest absolute Gasteiger partial charge is 0.508 e. The monoisotopic (exact) mass is 182 g/mol. The molecule has 1 unspecified atom stereocenters. The molecule has 0 radical (unpaired) electrons. The Morgan fingerprint density at radius 2 is 2.25 bits per heavy atom. The predicted molar refractivity (Wildman–Crippen MR) is 51.5 cm³/mol. The molecular weight excluding hydrogens is 171 g/mol. The van der Waals surface area contributed by atoms with E-state index in [9.17, 15) is 4.57 Å². The highest BCUT2D eigenvalue weighted by Gasteiger charge is 2.12. The summed E-state index contributed by atoms with van der Waals surface area (Å²) in [6.45, 7) is 5.11. The van der Waals surface area contributed by atoms with Gasteiger partial charge in [-0.3, -0.25) is 0 Å². The van der Waals surface area contributed by atoms with E-state index < -0.39 is 7.14 Å². The van der Waals surface area contributed by atoms with E-state index in [4.69, 9.17) is 5.11 Å². The Morgan fingerprint density at radius 3 is 2.75 bits per heavy atom. The number of phenols is 1. The van der Waals surface area contributed by atoms with Crippen molar-refractivity contribution in [3.05, 3.63) is 36.7 Å². The van der Waals surface area contributed by atoms with Gasteiger partial charge in [0.15, 0.2) is 0 Å². The molecule has 0 saturated carbocycles. The first-order chi connectivity index (χ1) is 5.56. The Morgan fingerprint density at radius 1 is 1.58 bits per heavy atom. The van der Waals surface area contributed by atoms with Gasteiger partial charge in [-0.1, -0.05) is 18.7 Å². The van der Waals surface area contributed by atoms with Crippen LogP contribution in [0, 0.1) is 0 Å². The predicted octanol–water partition coefficient (Wildman–Crippen LogP) is 2.15. The lowest BCUT2D eigenvalue weighted by Crippen LogP contribution is -1.99. The molecule has 1 aromatic carbocycles. The standard InChI is InChI=1S/C9H11O2P/c1-3-12(2,11)9-6-4-5-8(10)7-9/h3-7,10H,1H2,2H3. The molecule has 0 aliphatic carbocycles. The van der Waals surface area contributed by atoms with Gasteiger partial charge in [0.1, 0.15) is 12.9 Å². The highest BCUT2D eigenvalue weighted by molar-refractivity contribution is 7.73. The van der Waals surface area contributed by atoms with Crippen molar-refractivity contribution in [2.75, 3.05) is 6.66 Å². The molecular formula is C9H11O2P. The van der Waals surface area contributed by atoms with Crippen LogP contribution < -0.4 is 5.30 Å². The second kappa shape index (κ2) is 3.16. The normalized spacial score (nSPS) is 15.1. The van der Waals surface area contributed by atoms with Crippen molar-refractivity contribution in [1.29, 1.82) is 0 Å². The highest BCUT2D eigenvalue weighted by Crippen LogP contribution is 2.41. The van der Waals surface area contributed by atoms with Crippen molar-refractivity contribution in [3.8, 4) is 5.75 Å². The van der Waals surface area contributed by atoms with Crippen molar-refractivity contribution < 1.29 is 9.67 Å². The van der Waals surface area contributed by atoms with Crippen LogP contribution in [0.3, 0.4) is 0 Å². The SMILES string of the molecule is C=CP(C)(=O)c1cccc(O)c1. The average Bonchev–Trinajstić information content (AvgIpc) is 2.05. The zero-order valence-electron chi connectivity index (χ0n) is 6.90. The number of phenolic OH excluding ortho intramolecular Hbond substituents is 1. The molecule has 64 valence electrons. The second-order valence-corrected chi connectivity index (χ2v) is 5.55. The summed E-state index contributed by atoms with van der Waals surface area (Å²) in [5, 5.41) is 9.75. The molecule has 0 amide bonds. The van der Waals surface area contributed by atoms with Crippen molar-refractivity contribution in [3.63, 3.8) is 0 Å². The van der Waals surface area contributed by atoms with Crippen molar-refractivity contribution in [2.45, 2.75) is 0 Å². The van der Waals surface area contributed by atoms with Crippen LogP contribution in [0.2, 0.25) is 0 Å². The number of rotatable bonds is 2. The summed E-state index contributed by atoms with van der Waals surface area (Å²) in [7, 11) is -2.45. The number of benzene rings is 1. The van der Waals surface area contributed by atoms with E-state index in [0.717, 1.165) is 0 Å². The zero-order chi connectivity index (χ0) is 9.19. The van der Waals surface area contributed by atoms with Crippen LogP contribution in [0.5, 0.6) is 5.75 Å². The minimum absolute atomic E-state index is 0.136. The third kappa shape index (κ3) is 1.77. The molecule has 12 heavy (non-hydrogen) atoms. The average molecular weight is 182 g/mol. The number of hydrogen-bond acceptors (Lipinski definition) is 2. The van der Waals surface area contributed by atoms with E-state index in [0.29, 0.717) is 5.30 Å². The molecule has 0 aliphatic heterocycles. The summed E-state index contributed by atoms with van der Waals surface area (Å²) >= 11 is 0. The van der Waals surface area contributed by atoms with Gasteiger partial charge in [0.05, 0.1) is 0 Å². The van der Waals surface area contributed by atoms with E-state index >= 15 is 0 Å². The van der Waals surface area contributed by atoms with Gasteiger partial charge in [-0.15, -0.1) is 0 Å². The molecule has 1 aromatic rings. The molecule has 0 heterocycles. The molecule has 0 fully saturated rings. The Bertz CT molecular complexity index is 344. The maximum absolute atomic E-state index is 11.7. The Kier molecular flexibility index (Phi) is 2.39. The number of hydrogen-bond donors (Lipinski definition) is 1. The maximum Gasteiger partial charge on any atom is 0.133 e. The van der Waals surface area contributed by atoms with Gasteiger partial charge in [-0.25, -0.2) is 0 Å². The van der Waals surface area contributed by atoms with Crippen LogP contribution in [0.15, 0.2) is 36.7 Å². The molecule has 0 bridgehead atoms. The van der Waals surface area contributed by atoms with Crippen LogP contribution in [0.25, 0.3) is 0 Å². The first-order valence-electron chi connectivity index (χ1n) is 3.56. The van der Waals surface area contributed by atoms with Crippen LogP contribution >= 0.6 is 7.14 Å². The molecule has 1 atom stereocenters.